The van der Waals surface area contributed by atoms with Crippen molar-refractivity contribution in [1.82, 2.24) is 9.80 Å². The predicted molar refractivity (Wildman–Crippen MR) is 58.1 cm³/mol. The standard InChI is InChI=1S/C9H18N2.C2H6/c1-10-6-7-11(2)9(8-10)4-3-5-9;1-2/h3-8H2,1-2H3;1-2H3. The molecule has 0 aromatic rings. The van der Waals surface area contributed by atoms with Gasteiger partial charge in [-0.15, -0.1) is 0 Å². The molecule has 1 aliphatic heterocycles. The van der Waals surface area contributed by atoms with Gasteiger partial charge in [0.15, 0.2) is 0 Å². The molecule has 2 fully saturated rings. The highest BCUT2D eigenvalue weighted by atomic mass is 15.3. The molecule has 1 spiro atoms. The van der Waals surface area contributed by atoms with Crippen molar-refractivity contribution in [1.29, 1.82) is 0 Å². The Morgan fingerprint density at radius 3 is 2.00 bits per heavy atom. The number of hydrogen-bond donors (Lipinski definition) is 0. The second-order valence-electron chi connectivity index (χ2n) is 4.24. The van der Waals surface area contributed by atoms with Crippen LogP contribution in [-0.2, 0) is 0 Å². The molecule has 13 heavy (non-hydrogen) atoms. The Morgan fingerprint density at radius 1 is 1.00 bits per heavy atom. The Balaban J connectivity index is 0.000000396. The van der Waals surface area contributed by atoms with E-state index in [0.29, 0.717) is 5.54 Å². The first-order chi connectivity index (χ1) is 6.23. The van der Waals surface area contributed by atoms with Crippen LogP contribution in [-0.4, -0.2) is 49.1 Å². The van der Waals surface area contributed by atoms with E-state index in [1.54, 1.807) is 0 Å². The quantitative estimate of drug-likeness (QED) is 0.566. The van der Waals surface area contributed by atoms with Gasteiger partial charge in [-0.2, -0.15) is 0 Å². The van der Waals surface area contributed by atoms with Crippen LogP contribution in [0.5, 0.6) is 0 Å². The maximum absolute atomic E-state index is 2.57. The van der Waals surface area contributed by atoms with E-state index >= 15 is 0 Å². The van der Waals surface area contributed by atoms with Crippen LogP contribution < -0.4 is 0 Å². The van der Waals surface area contributed by atoms with Crippen molar-refractivity contribution >= 4 is 0 Å². The van der Waals surface area contributed by atoms with Crippen molar-refractivity contribution < 1.29 is 0 Å². The summed E-state index contributed by atoms with van der Waals surface area (Å²) in [5.41, 5.74) is 0.590. The molecule has 1 aliphatic carbocycles. The minimum absolute atomic E-state index is 0.590. The zero-order valence-electron chi connectivity index (χ0n) is 9.64. The summed E-state index contributed by atoms with van der Waals surface area (Å²) in [6, 6.07) is 0. The fourth-order valence-corrected chi connectivity index (χ4v) is 2.38. The lowest BCUT2D eigenvalue weighted by molar-refractivity contribution is -0.0280. The number of likely N-dealkylation sites (N-methyl/N-ethyl adjacent to an activating group) is 2. The van der Waals surface area contributed by atoms with E-state index < -0.39 is 0 Å². The summed E-state index contributed by atoms with van der Waals surface area (Å²) in [6.07, 6.45) is 4.29. The van der Waals surface area contributed by atoms with Gasteiger partial charge in [-0.1, -0.05) is 13.8 Å². The molecule has 0 unspecified atom stereocenters. The van der Waals surface area contributed by atoms with Crippen molar-refractivity contribution in [3.63, 3.8) is 0 Å². The second kappa shape index (κ2) is 4.43. The third-order valence-electron chi connectivity index (χ3n) is 3.48. The van der Waals surface area contributed by atoms with Crippen LogP contribution in [0.15, 0.2) is 0 Å². The lowest BCUT2D eigenvalue weighted by atomic mass is 9.74. The Morgan fingerprint density at radius 2 is 1.62 bits per heavy atom. The van der Waals surface area contributed by atoms with E-state index in [4.69, 9.17) is 0 Å². The molecule has 0 N–H and O–H groups in total. The second-order valence-corrected chi connectivity index (χ2v) is 4.24. The summed E-state index contributed by atoms with van der Waals surface area (Å²) in [5.74, 6) is 0. The molecule has 78 valence electrons. The average molecular weight is 184 g/mol. The molecular weight excluding hydrogens is 160 g/mol. The maximum Gasteiger partial charge on any atom is 0.0333 e. The van der Waals surface area contributed by atoms with E-state index in [-0.39, 0.29) is 0 Å². The molecule has 0 bridgehead atoms. The van der Waals surface area contributed by atoms with Gasteiger partial charge in [-0.3, -0.25) is 4.90 Å². The van der Waals surface area contributed by atoms with Crippen molar-refractivity contribution in [2.75, 3.05) is 33.7 Å². The summed E-state index contributed by atoms with van der Waals surface area (Å²) < 4.78 is 0. The Hall–Kier alpha value is -0.0800. The van der Waals surface area contributed by atoms with Gasteiger partial charge in [0, 0.05) is 25.2 Å². The number of rotatable bonds is 0. The smallest absolute Gasteiger partial charge is 0.0333 e. The molecule has 0 radical (unpaired) electrons. The maximum atomic E-state index is 2.57. The van der Waals surface area contributed by atoms with Crippen molar-refractivity contribution in [2.24, 2.45) is 0 Å². The molecular formula is C11H24N2. The highest BCUT2D eigenvalue weighted by molar-refractivity contribution is 5.01. The number of piperazine rings is 1. The summed E-state index contributed by atoms with van der Waals surface area (Å²) in [5, 5.41) is 0. The van der Waals surface area contributed by atoms with Crippen LogP contribution in [0.3, 0.4) is 0 Å². The van der Waals surface area contributed by atoms with Crippen LogP contribution in [0, 0.1) is 0 Å². The van der Waals surface area contributed by atoms with Crippen LogP contribution in [0.4, 0.5) is 0 Å². The van der Waals surface area contributed by atoms with Crippen molar-refractivity contribution in [3.8, 4) is 0 Å². The van der Waals surface area contributed by atoms with Gasteiger partial charge in [0.05, 0.1) is 0 Å². The van der Waals surface area contributed by atoms with Crippen molar-refractivity contribution in [2.45, 2.75) is 38.6 Å². The van der Waals surface area contributed by atoms with Crippen LogP contribution >= 0.6 is 0 Å². The molecule has 0 aromatic carbocycles. The van der Waals surface area contributed by atoms with E-state index in [0.717, 1.165) is 0 Å². The summed E-state index contributed by atoms with van der Waals surface area (Å²) in [6.45, 7) is 7.80. The largest absolute Gasteiger partial charge is 0.303 e. The molecule has 2 aliphatic rings. The summed E-state index contributed by atoms with van der Waals surface area (Å²) in [7, 11) is 4.53. The monoisotopic (exact) mass is 184 g/mol. The van der Waals surface area contributed by atoms with Gasteiger partial charge in [-0.05, 0) is 33.4 Å². The van der Waals surface area contributed by atoms with Crippen molar-refractivity contribution in [3.05, 3.63) is 0 Å². The van der Waals surface area contributed by atoms with Crippen LogP contribution in [0.25, 0.3) is 0 Å². The Kier molecular flexibility index (Phi) is 3.74. The van der Waals surface area contributed by atoms with Gasteiger partial charge in [0.2, 0.25) is 0 Å². The van der Waals surface area contributed by atoms with E-state index in [2.05, 4.69) is 23.9 Å². The first-order valence-corrected chi connectivity index (χ1v) is 5.63. The van der Waals surface area contributed by atoms with Gasteiger partial charge in [0.1, 0.15) is 0 Å². The van der Waals surface area contributed by atoms with Crippen LogP contribution in [0.2, 0.25) is 0 Å². The summed E-state index contributed by atoms with van der Waals surface area (Å²) >= 11 is 0. The molecule has 2 nitrogen and oxygen atoms in total. The fourth-order valence-electron chi connectivity index (χ4n) is 2.38. The van der Waals surface area contributed by atoms with Gasteiger partial charge < -0.3 is 4.90 Å². The lowest BCUT2D eigenvalue weighted by Crippen LogP contribution is -2.63. The fraction of sp³-hybridized carbons (Fsp3) is 1.00. The highest BCUT2D eigenvalue weighted by Gasteiger charge is 2.43. The van der Waals surface area contributed by atoms with E-state index in [9.17, 15) is 0 Å². The van der Waals surface area contributed by atoms with Crippen LogP contribution in [0.1, 0.15) is 33.1 Å². The third-order valence-corrected chi connectivity index (χ3v) is 3.48. The third kappa shape index (κ3) is 2.05. The number of nitrogens with zero attached hydrogens (tertiary/aromatic N) is 2. The highest BCUT2D eigenvalue weighted by Crippen LogP contribution is 2.38. The zero-order chi connectivity index (χ0) is 9.90. The molecule has 1 saturated heterocycles. The Bertz CT molecular complexity index is 152. The van der Waals surface area contributed by atoms with Gasteiger partial charge >= 0.3 is 0 Å². The summed E-state index contributed by atoms with van der Waals surface area (Å²) in [4.78, 5) is 5.04. The number of hydrogen-bond acceptors (Lipinski definition) is 2. The average Bonchev–Trinajstić information content (AvgIpc) is 2.10. The molecule has 1 heterocycles. The molecule has 1 saturated carbocycles. The zero-order valence-corrected chi connectivity index (χ0v) is 9.64. The van der Waals surface area contributed by atoms with E-state index in [1.165, 1.54) is 38.9 Å². The first kappa shape index (κ1) is 11.0. The SMILES string of the molecule is CC.CN1CCN(C)C2(CCC2)C1. The van der Waals surface area contributed by atoms with Gasteiger partial charge in [-0.25, -0.2) is 0 Å². The lowest BCUT2D eigenvalue weighted by Gasteiger charge is -2.54. The molecule has 0 amide bonds. The van der Waals surface area contributed by atoms with E-state index in [1.807, 2.05) is 13.8 Å². The Labute approximate surface area is 82.9 Å². The molecule has 0 aromatic heterocycles. The topological polar surface area (TPSA) is 6.48 Å². The molecule has 2 rings (SSSR count). The normalized spacial score (nSPS) is 27.7. The minimum Gasteiger partial charge on any atom is -0.303 e. The molecule has 2 heteroatoms. The predicted octanol–water partition coefficient (Wildman–Crippen LogP) is 1.81. The molecule has 0 atom stereocenters. The minimum atomic E-state index is 0.590. The first-order valence-electron chi connectivity index (χ1n) is 5.63. The van der Waals surface area contributed by atoms with Gasteiger partial charge in [0.25, 0.3) is 0 Å².